The third-order valence-corrected chi connectivity index (χ3v) is 12.8. The predicted octanol–water partition coefficient (Wildman–Crippen LogP) is 4.72. The van der Waals surface area contributed by atoms with Gasteiger partial charge in [-0.15, -0.1) is 10.2 Å². The number of H-pyrrole nitrogens is 1. The van der Waals surface area contributed by atoms with E-state index in [1.54, 1.807) is 41.4 Å². The number of rotatable bonds is 14. The Hall–Kier alpha value is -6.64. The zero-order valence-corrected chi connectivity index (χ0v) is 37.1. The second-order valence-corrected chi connectivity index (χ2v) is 17.2. The number of nitriles is 1. The first-order valence-electron chi connectivity index (χ1n) is 22.4. The van der Waals surface area contributed by atoms with Crippen LogP contribution in [0.1, 0.15) is 83.1 Å². The van der Waals surface area contributed by atoms with E-state index >= 15 is 0 Å². The van der Waals surface area contributed by atoms with E-state index in [9.17, 15) is 19.2 Å². The highest BCUT2D eigenvalue weighted by molar-refractivity contribution is 6.31. The zero-order valence-electron chi connectivity index (χ0n) is 36.4. The number of benzene rings is 1. The van der Waals surface area contributed by atoms with Crippen LogP contribution in [0.2, 0.25) is 5.02 Å². The Morgan fingerprint density at radius 1 is 0.862 bits per heavy atom. The van der Waals surface area contributed by atoms with Crippen molar-refractivity contribution in [1.82, 2.24) is 45.6 Å². The summed E-state index contributed by atoms with van der Waals surface area (Å²) in [7, 11) is 0. The van der Waals surface area contributed by atoms with Crippen LogP contribution in [0.4, 0.5) is 11.5 Å². The molecule has 4 N–H and O–H groups in total. The lowest BCUT2D eigenvalue weighted by atomic mass is 9.92. The summed E-state index contributed by atoms with van der Waals surface area (Å²) in [5.74, 6) is 0.896. The minimum atomic E-state index is -0.264. The molecular formula is C47H53ClN12O5. The first-order chi connectivity index (χ1) is 31.6. The molecule has 3 amide bonds. The average molecular weight is 901 g/mol. The summed E-state index contributed by atoms with van der Waals surface area (Å²) < 4.78 is 6.08. The fourth-order valence-corrected chi connectivity index (χ4v) is 8.85. The van der Waals surface area contributed by atoms with E-state index in [4.69, 9.17) is 21.6 Å². The molecule has 17 nitrogen and oxygen atoms in total. The maximum Gasteiger partial charge on any atom is 0.272 e. The van der Waals surface area contributed by atoms with Gasteiger partial charge in [0, 0.05) is 88.7 Å². The topological polar surface area (TPSA) is 214 Å². The van der Waals surface area contributed by atoms with E-state index in [0.717, 1.165) is 53.5 Å². The summed E-state index contributed by atoms with van der Waals surface area (Å²) >= 11 is 6.15. The number of aromatic amines is 1. The van der Waals surface area contributed by atoms with Gasteiger partial charge in [0.25, 0.3) is 17.4 Å². The normalized spacial score (nSPS) is 18.0. The maximum absolute atomic E-state index is 13.5. The van der Waals surface area contributed by atoms with Crippen molar-refractivity contribution in [2.75, 3.05) is 62.6 Å². The van der Waals surface area contributed by atoms with Gasteiger partial charge in [0.1, 0.15) is 17.5 Å². The van der Waals surface area contributed by atoms with Gasteiger partial charge in [0.2, 0.25) is 5.91 Å². The summed E-state index contributed by atoms with van der Waals surface area (Å²) in [5, 5.41) is 27.8. The van der Waals surface area contributed by atoms with E-state index in [2.05, 4.69) is 46.0 Å². The van der Waals surface area contributed by atoms with Gasteiger partial charge >= 0.3 is 0 Å². The average Bonchev–Trinajstić information content (AvgIpc) is 3.34. The third-order valence-electron chi connectivity index (χ3n) is 12.5. The van der Waals surface area contributed by atoms with E-state index in [0.29, 0.717) is 106 Å². The van der Waals surface area contributed by atoms with Gasteiger partial charge in [-0.3, -0.25) is 24.2 Å². The number of carbonyl (C=O) groups is 3. The van der Waals surface area contributed by atoms with Crippen molar-refractivity contribution in [3.63, 3.8) is 0 Å². The Morgan fingerprint density at radius 3 is 2.32 bits per heavy atom. The van der Waals surface area contributed by atoms with E-state index in [-0.39, 0.29) is 47.0 Å². The summed E-state index contributed by atoms with van der Waals surface area (Å²) in [4.78, 5) is 69.6. The van der Waals surface area contributed by atoms with Gasteiger partial charge in [-0.25, -0.2) is 4.98 Å². The first-order valence-corrected chi connectivity index (χ1v) is 22.8. The highest BCUT2D eigenvalue weighted by atomic mass is 35.5. The van der Waals surface area contributed by atoms with Crippen LogP contribution in [0.3, 0.4) is 0 Å². The largest absolute Gasteiger partial charge is 0.490 e. The predicted molar refractivity (Wildman–Crippen MR) is 246 cm³/mol. The second kappa shape index (κ2) is 20.9. The molecule has 1 saturated carbocycles. The van der Waals surface area contributed by atoms with Crippen molar-refractivity contribution < 1.29 is 19.1 Å². The standard InChI is InChI=1S/C47H53ClN12O5/c1-2-31-24-41-42(55-44(31)61)23-30(28-52-41)27-50-15-16-51-35-6-10-40(53-29-35)47(64)60-21-19-59(20-22-60)46(63)32-13-17-58(18-14-32)43-12-11-39(56-57-43)45(62)54-34-4-8-36(9-5-34)65-37-7-3-33(26-49)38(48)25-37/h3,6-7,10-12,23-25,28-29,32,34,36,50-51H,2,4-5,8-9,13-22,27H2,1H3,(H,54,62)(H,55,61). The van der Waals surface area contributed by atoms with E-state index in [1.165, 1.54) is 0 Å². The van der Waals surface area contributed by atoms with E-state index in [1.807, 2.05) is 48.4 Å². The van der Waals surface area contributed by atoms with Crippen molar-refractivity contribution in [3.8, 4) is 11.8 Å². The number of hydrogen-bond donors (Lipinski definition) is 4. The number of aryl methyl sites for hydroxylation is 1. The summed E-state index contributed by atoms with van der Waals surface area (Å²) in [5.41, 5.74) is 4.95. The number of aromatic nitrogens is 5. The van der Waals surface area contributed by atoms with E-state index < -0.39 is 0 Å². The Kier molecular flexibility index (Phi) is 14.5. The minimum Gasteiger partial charge on any atom is -0.490 e. The number of pyridine rings is 3. The van der Waals surface area contributed by atoms with Gasteiger partial charge in [-0.05, 0) is 99.0 Å². The lowest BCUT2D eigenvalue weighted by Gasteiger charge is -2.38. The van der Waals surface area contributed by atoms with Crippen molar-refractivity contribution in [2.24, 2.45) is 5.92 Å². The van der Waals surface area contributed by atoms with Gasteiger partial charge in [-0.2, -0.15) is 5.26 Å². The second-order valence-electron chi connectivity index (χ2n) is 16.8. The quantitative estimate of drug-likeness (QED) is 0.111. The molecule has 338 valence electrons. The van der Waals surface area contributed by atoms with Crippen molar-refractivity contribution in [1.29, 1.82) is 5.26 Å². The number of amides is 3. The van der Waals surface area contributed by atoms with Crippen molar-refractivity contribution >= 4 is 51.9 Å². The Morgan fingerprint density at radius 2 is 1.63 bits per heavy atom. The molecular weight excluding hydrogens is 848 g/mol. The smallest absolute Gasteiger partial charge is 0.272 e. The molecule has 3 aliphatic rings. The summed E-state index contributed by atoms with van der Waals surface area (Å²) in [6, 6.07) is 18.0. The molecule has 65 heavy (non-hydrogen) atoms. The molecule has 1 aromatic carbocycles. The molecule has 5 aromatic rings. The molecule has 8 rings (SSSR count). The molecule has 0 spiro atoms. The summed E-state index contributed by atoms with van der Waals surface area (Å²) in [6.07, 6.45) is 8.57. The Balaban J connectivity index is 0.706. The van der Waals surface area contributed by atoms with Gasteiger partial charge in [-0.1, -0.05) is 18.5 Å². The minimum absolute atomic E-state index is 0.00291. The lowest BCUT2D eigenvalue weighted by molar-refractivity contribution is -0.137. The van der Waals surface area contributed by atoms with Crippen LogP contribution in [-0.4, -0.2) is 117 Å². The van der Waals surface area contributed by atoms with Crippen LogP contribution in [0, 0.1) is 17.2 Å². The first kappa shape index (κ1) is 44.9. The molecule has 0 radical (unpaired) electrons. The fourth-order valence-electron chi connectivity index (χ4n) is 8.64. The lowest BCUT2D eigenvalue weighted by Crippen LogP contribution is -2.53. The molecule has 1 aliphatic carbocycles. The molecule has 4 aromatic heterocycles. The van der Waals surface area contributed by atoms with Crippen LogP contribution in [-0.2, 0) is 17.8 Å². The monoisotopic (exact) mass is 900 g/mol. The molecule has 0 unspecified atom stereocenters. The Labute approximate surface area is 381 Å². The molecule has 2 aliphatic heterocycles. The highest BCUT2D eigenvalue weighted by Crippen LogP contribution is 2.28. The maximum atomic E-state index is 13.5. The fraction of sp³-hybridized carbons (Fsp3) is 0.426. The number of hydrogen-bond acceptors (Lipinski definition) is 13. The van der Waals surface area contributed by atoms with Crippen molar-refractivity contribution in [2.45, 2.75) is 70.6 Å². The van der Waals surface area contributed by atoms with Crippen LogP contribution >= 0.6 is 11.6 Å². The van der Waals surface area contributed by atoms with Crippen LogP contribution in [0.25, 0.3) is 11.0 Å². The molecule has 2 saturated heterocycles. The van der Waals surface area contributed by atoms with Crippen molar-refractivity contribution in [3.05, 3.63) is 110 Å². The number of nitrogens with one attached hydrogen (secondary N) is 4. The van der Waals surface area contributed by atoms with Gasteiger partial charge in [0.15, 0.2) is 11.5 Å². The number of carbonyl (C=O) groups excluding carboxylic acids is 3. The number of halogens is 1. The number of fused-ring (bicyclic) bond motifs is 1. The SMILES string of the molecule is CCc1cc2ncc(CNCCNc3ccc(C(=O)N4CCN(C(=O)C5CCN(c6ccc(C(=O)NC7CCC(Oc8ccc(C#N)c(Cl)c8)CC7)nn6)CC5)CC4)nc3)cc2[nH]c1=O. The number of ether oxygens (including phenoxy) is 1. The zero-order chi connectivity index (χ0) is 45.3. The number of anilines is 2. The molecule has 6 heterocycles. The molecule has 18 heteroatoms. The number of piperidine rings is 1. The molecule has 3 fully saturated rings. The highest BCUT2D eigenvalue weighted by Gasteiger charge is 2.32. The number of nitrogens with zero attached hydrogens (tertiary/aromatic N) is 8. The van der Waals surface area contributed by atoms with Crippen LogP contribution in [0.15, 0.2) is 71.8 Å². The third kappa shape index (κ3) is 11.2. The van der Waals surface area contributed by atoms with Gasteiger partial charge in [0.05, 0.1) is 39.6 Å². The van der Waals surface area contributed by atoms with Crippen LogP contribution in [0.5, 0.6) is 5.75 Å². The summed E-state index contributed by atoms with van der Waals surface area (Å²) in [6.45, 7) is 7.01. The molecule has 0 atom stereocenters. The number of piperazine rings is 1. The van der Waals surface area contributed by atoms with Gasteiger partial charge < -0.3 is 40.4 Å². The molecule has 0 bridgehead atoms. The Bertz CT molecular complexity index is 2580. The van der Waals surface area contributed by atoms with Crippen LogP contribution < -0.4 is 31.1 Å².